The van der Waals surface area contributed by atoms with Crippen molar-refractivity contribution in [3.63, 3.8) is 0 Å². The van der Waals surface area contributed by atoms with E-state index in [-0.39, 0.29) is 12.5 Å². The maximum atomic E-state index is 12.3. The van der Waals surface area contributed by atoms with Crippen LogP contribution in [-0.4, -0.2) is 41.3 Å². The quantitative estimate of drug-likeness (QED) is 0.839. The molecule has 1 aliphatic carbocycles. The highest BCUT2D eigenvalue weighted by Crippen LogP contribution is 2.30. The third-order valence-corrected chi connectivity index (χ3v) is 4.02. The number of carbonyl (C=O) groups is 1. The monoisotopic (exact) mass is 291 g/mol. The van der Waals surface area contributed by atoms with E-state index in [1.165, 1.54) is 0 Å². The number of hydrogen-bond acceptors (Lipinski definition) is 3. The number of carbonyl (C=O) groups excluding carboxylic acids is 1. The Morgan fingerprint density at radius 3 is 2.57 bits per heavy atom. The Labute approximate surface area is 126 Å². The summed E-state index contributed by atoms with van der Waals surface area (Å²) in [4.78, 5) is 14.1. The predicted octanol–water partition coefficient (Wildman–Crippen LogP) is 2.36. The van der Waals surface area contributed by atoms with Crippen LogP contribution in [0.2, 0.25) is 0 Å². The third-order valence-electron chi connectivity index (χ3n) is 4.02. The van der Waals surface area contributed by atoms with Crippen LogP contribution in [0.3, 0.4) is 0 Å². The zero-order valence-corrected chi connectivity index (χ0v) is 12.8. The summed E-state index contributed by atoms with van der Waals surface area (Å²) in [7, 11) is 0. The zero-order chi connectivity index (χ0) is 15.1. The van der Waals surface area contributed by atoms with Crippen LogP contribution in [-0.2, 0) is 16.1 Å². The first-order chi connectivity index (χ1) is 10.1. The molecule has 0 saturated heterocycles. The molecular formula is C17H25NO3. The van der Waals surface area contributed by atoms with Crippen LogP contribution in [0.4, 0.5) is 0 Å². The van der Waals surface area contributed by atoms with Gasteiger partial charge in [0.1, 0.15) is 6.61 Å². The van der Waals surface area contributed by atoms with Gasteiger partial charge in [-0.3, -0.25) is 4.79 Å². The molecule has 1 aliphatic rings. The Morgan fingerprint density at radius 2 is 1.95 bits per heavy atom. The number of hydrogen-bond donors (Lipinski definition) is 1. The number of amides is 1. The van der Waals surface area contributed by atoms with Crippen molar-refractivity contribution < 1.29 is 14.6 Å². The minimum absolute atomic E-state index is 0.0546. The van der Waals surface area contributed by atoms with Crippen molar-refractivity contribution in [2.24, 2.45) is 0 Å². The van der Waals surface area contributed by atoms with Gasteiger partial charge in [0.15, 0.2) is 0 Å². The summed E-state index contributed by atoms with van der Waals surface area (Å²) in [6.07, 6.45) is 3.63. The molecule has 1 saturated carbocycles. The van der Waals surface area contributed by atoms with E-state index < -0.39 is 5.60 Å². The van der Waals surface area contributed by atoms with E-state index in [4.69, 9.17) is 4.74 Å². The molecule has 0 aromatic heterocycles. The first-order valence-electron chi connectivity index (χ1n) is 7.75. The summed E-state index contributed by atoms with van der Waals surface area (Å²) in [5, 5.41) is 10.6. The largest absolute Gasteiger partial charge is 0.388 e. The van der Waals surface area contributed by atoms with E-state index in [1.807, 2.05) is 37.3 Å². The highest BCUT2D eigenvalue weighted by molar-refractivity contribution is 5.77. The van der Waals surface area contributed by atoms with Gasteiger partial charge in [0.05, 0.1) is 5.60 Å². The minimum atomic E-state index is -0.726. The standard InChI is InChI=1S/C17H25NO3/c1-2-21-13-16(19)18(12-15-8-4-3-5-9-15)14-17(20)10-6-7-11-17/h3-5,8-9,20H,2,6-7,10-14H2,1H3. The van der Waals surface area contributed by atoms with Crippen LogP contribution in [0.5, 0.6) is 0 Å². The highest BCUT2D eigenvalue weighted by Gasteiger charge is 2.34. The lowest BCUT2D eigenvalue weighted by Crippen LogP contribution is -2.45. The fourth-order valence-corrected chi connectivity index (χ4v) is 2.86. The van der Waals surface area contributed by atoms with Crippen molar-refractivity contribution >= 4 is 5.91 Å². The van der Waals surface area contributed by atoms with Crippen LogP contribution in [0, 0.1) is 0 Å². The Morgan fingerprint density at radius 1 is 1.29 bits per heavy atom. The number of nitrogens with zero attached hydrogens (tertiary/aromatic N) is 1. The molecule has 2 rings (SSSR count). The fourth-order valence-electron chi connectivity index (χ4n) is 2.86. The molecule has 4 nitrogen and oxygen atoms in total. The van der Waals surface area contributed by atoms with Gasteiger partial charge in [-0.2, -0.15) is 0 Å². The molecule has 0 spiro atoms. The fraction of sp³-hybridized carbons (Fsp3) is 0.588. The van der Waals surface area contributed by atoms with Gasteiger partial charge in [-0.15, -0.1) is 0 Å². The average molecular weight is 291 g/mol. The van der Waals surface area contributed by atoms with Crippen molar-refractivity contribution in [2.45, 2.75) is 44.8 Å². The molecule has 0 atom stereocenters. The van der Waals surface area contributed by atoms with Crippen LogP contribution in [0.25, 0.3) is 0 Å². The molecule has 0 bridgehead atoms. The second kappa shape index (κ2) is 7.57. The smallest absolute Gasteiger partial charge is 0.248 e. The van der Waals surface area contributed by atoms with Gasteiger partial charge in [-0.25, -0.2) is 0 Å². The second-order valence-electron chi connectivity index (χ2n) is 5.80. The average Bonchev–Trinajstić information content (AvgIpc) is 2.92. The number of ether oxygens (including phenoxy) is 1. The number of benzene rings is 1. The zero-order valence-electron chi connectivity index (χ0n) is 12.8. The Hall–Kier alpha value is -1.39. The molecule has 0 heterocycles. The van der Waals surface area contributed by atoms with Crippen molar-refractivity contribution in [2.75, 3.05) is 19.8 Å². The van der Waals surface area contributed by atoms with Crippen molar-refractivity contribution in [3.05, 3.63) is 35.9 Å². The molecule has 1 fully saturated rings. The Kier molecular flexibility index (Phi) is 5.76. The van der Waals surface area contributed by atoms with E-state index in [1.54, 1.807) is 4.90 Å². The molecule has 4 heteroatoms. The van der Waals surface area contributed by atoms with Crippen molar-refractivity contribution in [1.29, 1.82) is 0 Å². The van der Waals surface area contributed by atoms with E-state index in [2.05, 4.69) is 0 Å². The second-order valence-corrected chi connectivity index (χ2v) is 5.80. The molecule has 1 N–H and O–H groups in total. The van der Waals surface area contributed by atoms with Crippen LogP contribution < -0.4 is 0 Å². The molecule has 1 amide bonds. The van der Waals surface area contributed by atoms with Gasteiger partial charge < -0.3 is 14.7 Å². The van der Waals surface area contributed by atoms with Crippen molar-refractivity contribution in [1.82, 2.24) is 4.90 Å². The highest BCUT2D eigenvalue weighted by atomic mass is 16.5. The lowest BCUT2D eigenvalue weighted by molar-refractivity contribution is -0.140. The summed E-state index contributed by atoms with van der Waals surface area (Å²) in [6.45, 7) is 3.40. The van der Waals surface area contributed by atoms with Gasteiger partial charge in [0, 0.05) is 19.7 Å². The minimum Gasteiger partial charge on any atom is -0.388 e. The molecular weight excluding hydrogens is 266 g/mol. The molecule has 0 radical (unpaired) electrons. The molecule has 116 valence electrons. The van der Waals surface area contributed by atoms with Gasteiger partial charge >= 0.3 is 0 Å². The first-order valence-corrected chi connectivity index (χ1v) is 7.75. The van der Waals surface area contributed by atoms with Crippen LogP contribution >= 0.6 is 0 Å². The van der Waals surface area contributed by atoms with Gasteiger partial charge in [0.2, 0.25) is 5.91 Å². The van der Waals surface area contributed by atoms with Crippen LogP contribution in [0.1, 0.15) is 38.2 Å². The molecule has 21 heavy (non-hydrogen) atoms. The normalized spacial score (nSPS) is 16.9. The number of rotatable bonds is 7. The maximum absolute atomic E-state index is 12.3. The predicted molar refractivity (Wildman–Crippen MR) is 81.8 cm³/mol. The molecule has 0 aliphatic heterocycles. The lowest BCUT2D eigenvalue weighted by Gasteiger charge is -2.31. The molecule has 0 unspecified atom stereocenters. The summed E-state index contributed by atoms with van der Waals surface area (Å²) >= 11 is 0. The van der Waals surface area contributed by atoms with E-state index in [0.29, 0.717) is 19.7 Å². The van der Waals surface area contributed by atoms with Gasteiger partial charge in [-0.1, -0.05) is 43.2 Å². The Balaban J connectivity index is 2.04. The van der Waals surface area contributed by atoms with Gasteiger partial charge in [-0.05, 0) is 25.3 Å². The summed E-state index contributed by atoms with van der Waals surface area (Å²) in [5.41, 5.74) is 0.348. The lowest BCUT2D eigenvalue weighted by atomic mass is 10.0. The SMILES string of the molecule is CCOCC(=O)N(Cc1ccccc1)CC1(O)CCCC1. The summed E-state index contributed by atoms with van der Waals surface area (Å²) in [5.74, 6) is -0.0546. The first kappa shape index (κ1) is 16.0. The van der Waals surface area contributed by atoms with E-state index in [0.717, 1.165) is 31.2 Å². The topological polar surface area (TPSA) is 49.8 Å². The number of aliphatic hydroxyl groups is 1. The maximum Gasteiger partial charge on any atom is 0.248 e. The van der Waals surface area contributed by atoms with Crippen molar-refractivity contribution in [3.8, 4) is 0 Å². The Bertz CT molecular complexity index is 441. The summed E-state index contributed by atoms with van der Waals surface area (Å²) < 4.78 is 5.24. The van der Waals surface area contributed by atoms with Gasteiger partial charge in [0.25, 0.3) is 0 Å². The van der Waals surface area contributed by atoms with Crippen LogP contribution in [0.15, 0.2) is 30.3 Å². The third kappa shape index (κ3) is 4.83. The molecule has 1 aromatic rings. The molecule has 1 aromatic carbocycles. The summed E-state index contributed by atoms with van der Waals surface area (Å²) in [6, 6.07) is 9.88. The van der Waals surface area contributed by atoms with E-state index in [9.17, 15) is 9.90 Å². The van der Waals surface area contributed by atoms with E-state index >= 15 is 0 Å².